The molecule has 202 valence electrons. The Morgan fingerprint density at radius 3 is 2.15 bits per heavy atom. The number of halogens is 1. The number of benzene rings is 3. The molecular weight excluding hydrogens is 562 g/mol. The molecule has 8 heteroatoms. The fourth-order valence-electron chi connectivity index (χ4n) is 6.62. The molecule has 1 atom stereocenters. The van der Waals surface area contributed by atoms with E-state index in [1.807, 2.05) is 48.5 Å². The van der Waals surface area contributed by atoms with Crippen LogP contribution in [0.3, 0.4) is 0 Å². The number of carbonyl (C=O) groups is 2. The molecule has 3 aliphatic rings. The molecule has 3 aromatic carbocycles. The van der Waals surface area contributed by atoms with Gasteiger partial charge in [0.15, 0.2) is 0 Å². The second-order valence-electron chi connectivity index (χ2n) is 10.4. The van der Waals surface area contributed by atoms with Gasteiger partial charge in [-0.25, -0.2) is 9.59 Å². The van der Waals surface area contributed by atoms with Crippen molar-refractivity contribution in [3.05, 3.63) is 94.0 Å². The van der Waals surface area contributed by atoms with Crippen molar-refractivity contribution in [2.24, 2.45) is 0 Å². The minimum Gasteiger partial charge on any atom is -0.480 e. The lowest BCUT2D eigenvalue weighted by molar-refractivity contribution is -0.188. The van der Waals surface area contributed by atoms with E-state index < -0.39 is 23.8 Å². The molecular formula is C31H30BrNO6. The number of aliphatic carboxylic acids is 1. The topological polar surface area (TPSA) is 85.3 Å². The first-order valence-corrected chi connectivity index (χ1v) is 14.1. The molecule has 3 aromatic rings. The highest BCUT2D eigenvalue weighted by atomic mass is 79.9. The van der Waals surface area contributed by atoms with Crippen LogP contribution < -0.4 is 0 Å². The SMILES string of the molecule is O=C(O)COC1(c2ccc(Br)cc2)CCOC12CCN(C(=O)OCC1c3ccccc3-c3ccccc31)CC2. The van der Waals surface area contributed by atoms with Crippen molar-refractivity contribution >= 4 is 28.0 Å². The highest BCUT2D eigenvalue weighted by Crippen LogP contribution is 2.52. The van der Waals surface area contributed by atoms with Crippen LogP contribution in [-0.4, -0.2) is 60.6 Å². The maximum atomic E-state index is 13.2. The minimum absolute atomic E-state index is 0.00474. The Kier molecular flexibility index (Phi) is 6.95. The summed E-state index contributed by atoms with van der Waals surface area (Å²) in [5, 5.41) is 9.41. The number of rotatable bonds is 6. The first kappa shape index (κ1) is 26.0. The number of fused-ring (bicyclic) bond motifs is 3. The summed E-state index contributed by atoms with van der Waals surface area (Å²) in [6, 6.07) is 24.3. The number of carboxylic acid groups (broad SMARTS) is 1. The summed E-state index contributed by atoms with van der Waals surface area (Å²) in [5.41, 5.74) is 4.00. The lowest BCUT2D eigenvalue weighted by atomic mass is 9.72. The molecule has 0 radical (unpaired) electrons. The van der Waals surface area contributed by atoms with Gasteiger partial charge in [-0.3, -0.25) is 0 Å². The van der Waals surface area contributed by atoms with E-state index in [9.17, 15) is 14.7 Å². The summed E-state index contributed by atoms with van der Waals surface area (Å²) in [6.07, 6.45) is 1.25. The maximum Gasteiger partial charge on any atom is 0.409 e. The van der Waals surface area contributed by atoms with Crippen LogP contribution in [0, 0.1) is 0 Å². The van der Waals surface area contributed by atoms with Crippen molar-refractivity contribution in [1.82, 2.24) is 4.90 Å². The number of likely N-dealkylation sites (tertiary alicyclic amines) is 1. The number of ether oxygens (including phenoxy) is 3. The maximum absolute atomic E-state index is 13.2. The molecule has 39 heavy (non-hydrogen) atoms. The predicted molar refractivity (Wildman–Crippen MR) is 149 cm³/mol. The molecule has 1 unspecified atom stereocenters. The van der Waals surface area contributed by atoms with Crippen LogP contribution in [0.5, 0.6) is 0 Å². The quantitative estimate of drug-likeness (QED) is 0.381. The van der Waals surface area contributed by atoms with Crippen LogP contribution in [-0.2, 0) is 24.6 Å². The number of nitrogens with zero attached hydrogens (tertiary/aromatic N) is 1. The Balaban J connectivity index is 1.16. The molecule has 2 fully saturated rings. The first-order chi connectivity index (χ1) is 18.9. The van der Waals surface area contributed by atoms with Crippen LogP contribution in [0.4, 0.5) is 4.79 Å². The van der Waals surface area contributed by atoms with Crippen molar-refractivity contribution in [1.29, 1.82) is 0 Å². The summed E-state index contributed by atoms with van der Waals surface area (Å²) in [4.78, 5) is 26.4. The third kappa shape index (κ3) is 4.54. The molecule has 2 heterocycles. The average molecular weight is 592 g/mol. The molecule has 6 rings (SSSR count). The molecule has 1 amide bonds. The van der Waals surface area contributed by atoms with Gasteiger partial charge in [-0.05, 0) is 52.8 Å². The smallest absolute Gasteiger partial charge is 0.409 e. The first-order valence-electron chi connectivity index (χ1n) is 13.3. The van der Waals surface area contributed by atoms with E-state index in [1.165, 1.54) is 22.3 Å². The molecule has 0 saturated carbocycles. The van der Waals surface area contributed by atoms with Gasteiger partial charge in [0.05, 0.1) is 6.61 Å². The van der Waals surface area contributed by atoms with Gasteiger partial charge < -0.3 is 24.2 Å². The van der Waals surface area contributed by atoms with Crippen LogP contribution >= 0.6 is 15.9 Å². The number of carbonyl (C=O) groups excluding carboxylic acids is 1. The average Bonchev–Trinajstić information content (AvgIpc) is 3.47. The van der Waals surface area contributed by atoms with Gasteiger partial charge in [0.25, 0.3) is 0 Å². The van der Waals surface area contributed by atoms with Crippen LogP contribution in [0.1, 0.15) is 41.9 Å². The van der Waals surface area contributed by atoms with E-state index in [0.717, 1.165) is 10.0 Å². The van der Waals surface area contributed by atoms with Gasteiger partial charge >= 0.3 is 12.1 Å². The summed E-state index contributed by atoms with van der Waals surface area (Å²) in [5.74, 6) is -1.02. The van der Waals surface area contributed by atoms with Gasteiger partial charge in [0, 0.05) is 29.9 Å². The highest BCUT2D eigenvalue weighted by Gasteiger charge is 2.59. The van der Waals surface area contributed by atoms with Crippen molar-refractivity contribution in [3.8, 4) is 11.1 Å². The summed E-state index contributed by atoms with van der Waals surface area (Å²) >= 11 is 3.48. The number of hydrogen-bond donors (Lipinski definition) is 1. The van der Waals surface area contributed by atoms with Gasteiger partial charge in [-0.15, -0.1) is 0 Å². The third-order valence-electron chi connectivity index (χ3n) is 8.49. The Bertz CT molecular complexity index is 1340. The van der Waals surface area contributed by atoms with E-state index in [0.29, 0.717) is 39.0 Å². The van der Waals surface area contributed by atoms with Gasteiger partial charge in [-0.1, -0.05) is 76.6 Å². The van der Waals surface area contributed by atoms with Crippen LogP contribution in [0.25, 0.3) is 11.1 Å². The van der Waals surface area contributed by atoms with E-state index >= 15 is 0 Å². The highest BCUT2D eigenvalue weighted by molar-refractivity contribution is 9.10. The van der Waals surface area contributed by atoms with E-state index in [-0.39, 0.29) is 18.6 Å². The largest absolute Gasteiger partial charge is 0.480 e. The predicted octanol–water partition coefficient (Wildman–Crippen LogP) is 5.95. The monoisotopic (exact) mass is 591 g/mol. The molecule has 0 aromatic heterocycles. The van der Waals surface area contributed by atoms with Gasteiger partial charge in [0.1, 0.15) is 24.4 Å². The molecule has 2 aliphatic heterocycles. The van der Waals surface area contributed by atoms with Crippen LogP contribution in [0.15, 0.2) is 77.3 Å². The Morgan fingerprint density at radius 2 is 1.54 bits per heavy atom. The number of piperidine rings is 1. The molecule has 1 aliphatic carbocycles. The third-order valence-corrected chi connectivity index (χ3v) is 9.02. The van der Waals surface area contributed by atoms with Crippen molar-refractivity contribution in [2.75, 3.05) is 32.9 Å². The summed E-state index contributed by atoms with van der Waals surface area (Å²) < 4.78 is 19.3. The van der Waals surface area contributed by atoms with Crippen molar-refractivity contribution in [2.45, 2.75) is 36.4 Å². The lowest BCUT2D eigenvalue weighted by Gasteiger charge is -2.48. The zero-order chi connectivity index (χ0) is 27.0. The Hall–Kier alpha value is -3.20. The zero-order valence-corrected chi connectivity index (χ0v) is 23.1. The minimum atomic E-state index is -1.02. The summed E-state index contributed by atoms with van der Waals surface area (Å²) in [6.45, 7) is 1.18. The summed E-state index contributed by atoms with van der Waals surface area (Å²) in [7, 11) is 0. The van der Waals surface area contributed by atoms with Gasteiger partial charge in [-0.2, -0.15) is 0 Å². The standard InChI is InChI=1S/C31H30BrNO6/c32-22-11-9-21(10-12-22)31(39-20-28(34)35)15-18-38-30(31)13-16-33(17-14-30)29(36)37-19-27-25-7-3-1-5-23(25)24-6-2-4-8-26(24)27/h1-12,27H,13-20H2,(H,34,35). The zero-order valence-electron chi connectivity index (χ0n) is 21.5. The normalized spacial score (nSPS) is 21.5. The Labute approximate surface area is 235 Å². The number of amides is 1. The van der Waals surface area contributed by atoms with E-state index in [4.69, 9.17) is 14.2 Å². The van der Waals surface area contributed by atoms with Gasteiger partial charge in [0.2, 0.25) is 0 Å². The van der Waals surface area contributed by atoms with E-state index in [1.54, 1.807) is 4.90 Å². The molecule has 2 saturated heterocycles. The fourth-order valence-corrected chi connectivity index (χ4v) is 6.88. The second-order valence-corrected chi connectivity index (χ2v) is 11.3. The number of carboxylic acids is 1. The molecule has 0 bridgehead atoms. The molecule has 1 N–H and O–H groups in total. The molecule has 1 spiro atoms. The fraction of sp³-hybridized carbons (Fsp3) is 0.355. The van der Waals surface area contributed by atoms with E-state index in [2.05, 4.69) is 40.2 Å². The van der Waals surface area contributed by atoms with Crippen molar-refractivity contribution < 1.29 is 28.9 Å². The van der Waals surface area contributed by atoms with Crippen LogP contribution in [0.2, 0.25) is 0 Å². The second kappa shape index (κ2) is 10.4. The lowest BCUT2D eigenvalue weighted by Crippen LogP contribution is -2.57. The number of hydrogen-bond acceptors (Lipinski definition) is 5. The van der Waals surface area contributed by atoms with Crippen molar-refractivity contribution in [3.63, 3.8) is 0 Å². The molecule has 7 nitrogen and oxygen atoms in total. The Morgan fingerprint density at radius 1 is 0.923 bits per heavy atom.